The molecule has 1 fully saturated rings. The molecule has 1 amide bonds. The van der Waals surface area contributed by atoms with Crippen LogP contribution in [0.3, 0.4) is 0 Å². The molecule has 0 unspecified atom stereocenters. The molecule has 0 saturated carbocycles. The van der Waals surface area contributed by atoms with Crippen molar-refractivity contribution in [1.82, 2.24) is 14.3 Å². The molecule has 1 saturated heterocycles. The first-order valence-electron chi connectivity index (χ1n) is 7.82. The van der Waals surface area contributed by atoms with Crippen LogP contribution in [0.15, 0.2) is 48.8 Å². The van der Waals surface area contributed by atoms with E-state index in [1.165, 1.54) is 12.1 Å². The van der Waals surface area contributed by atoms with Gasteiger partial charge in [-0.15, -0.1) is 0 Å². The predicted octanol–water partition coefficient (Wildman–Crippen LogP) is 3.33. The van der Waals surface area contributed by atoms with Crippen LogP contribution in [0.2, 0.25) is 0 Å². The number of fused-ring (bicyclic) bond motifs is 1. The number of halogens is 1. The first kappa shape index (κ1) is 15.2. The van der Waals surface area contributed by atoms with Crippen LogP contribution in [0, 0.1) is 5.82 Å². The molecular formula is C18H16FN3OS. The van der Waals surface area contributed by atoms with Gasteiger partial charge in [0.05, 0.1) is 11.3 Å². The molecule has 0 N–H and O–H groups in total. The summed E-state index contributed by atoms with van der Waals surface area (Å²) in [6, 6.07) is 9.91. The number of carbonyl (C=O) groups is 1. The van der Waals surface area contributed by atoms with E-state index in [-0.39, 0.29) is 11.7 Å². The minimum atomic E-state index is -0.268. The zero-order chi connectivity index (χ0) is 16.5. The average Bonchev–Trinajstić information content (AvgIpc) is 3.05. The quantitative estimate of drug-likeness (QED) is 0.717. The second-order valence-electron chi connectivity index (χ2n) is 5.72. The number of pyridine rings is 1. The summed E-state index contributed by atoms with van der Waals surface area (Å²) in [6.07, 6.45) is 3.69. The van der Waals surface area contributed by atoms with Gasteiger partial charge in [0.2, 0.25) is 0 Å². The van der Waals surface area contributed by atoms with Crippen molar-refractivity contribution in [3.63, 3.8) is 0 Å². The minimum Gasteiger partial charge on any atom is -0.337 e. The molecule has 6 heteroatoms. The molecular weight excluding hydrogens is 325 g/mol. The van der Waals surface area contributed by atoms with Gasteiger partial charge < -0.3 is 9.30 Å². The molecule has 1 aromatic carbocycles. The van der Waals surface area contributed by atoms with Crippen molar-refractivity contribution in [2.24, 2.45) is 0 Å². The van der Waals surface area contributed by atoms with Gasteiger partial charge in [0, 0.05) is 42.6 Å². The normalized spacial score (nSPS) is 15.0. The highest BCUT2D eigenvalue weighted by Crippen LogP contribution is 2.20. The van der Waals surface area contributed by atoms with E-state index in [1.807, 2.05) is 45.6 Å². The Hall–Kier alpha value is -2.34. The summed E-state index contributed by atoms with van der Waals surface area (Å²) in [7, 11) is 0. The van der Waals surface area contributed by atoms with Crippen LogP contribution in [0.4, 0.5) is 4.39 Å². The molecule has 1 aliphatic rings. The van der Waals surface area contributed by atoms with Gasteiger partial charge in [-0.1, -0.05) is 0 Å². The lowest BCUT2D eigenvalue weighted by Crippen LogP contribution is -2.37. The highest BCUT2D eigenvalue weighted by Gasteiger charge is 2.19. The summed E-state index contributed by atoms with van der Waals surface area (Å²) in [4.78, 5) is 19.0. The maximum absolute atomic E-state index is 13.1. The molecule has 24 heavy (non-hydrogen) atoms. The lowest BCUT2D eigenvalue weighted by atomic mass is 10.2. The Morgan fingerprint density at radius 3 is 2.54 bits per heavy atom. The number of rotatable bonds is 2. The van der Waals surface area contributed by atoms with Crippen molar-refractivity contribution in [3.8, 4) is 11.3 Å². The Morgan fingerprint density at radius 2 is 1.79 bits per heavy atom. The van der Waals surface area contributed by atoms with Crippen molar-refractivity contribution < 1.29 is 9.18 Å². The minimum absolute atomic E-state index is 0.0641. The third-order valence-electron chi connectivity index (χ3n) is 4.14. The van der Waals surface area contributed by atoms with E-state index in [0.29, 0.717) is 5.56 Å². The molecule has 0 atom stereocenters. The number of nitrogens with zero attached hydrogens (tertiary/aromatic N) is 3. The lowest BCUT2D eigenvalue weighted by Gasteiger charge is -2.26. The van der Waals surface area contributed by atoms with Gasteiger partial charge in [-0.2, -0.15) is 11.8 Å². The van der Waals surface area contributed by atoms with Gasteiger partial charge in [-0.3, -0.25) is 4.79 Å². The molecule has 0 bridgehead atoms. The molecule has 1 aliphatic heterocycles. The molecule has 4 rings (SSSR count). The average molecular weight is 341 g/mol. The fourth-order valence-electron chi connectivity index (χ4n) is 2.83. The van der Waals surface area contributed by atoms with Crippen molar-refractivity contribution in [3.05, 3.63) is 60.2 Å². The molecule has 2 aromatic heterocycles. The van der Waals surface area contributed by atoms with E-state index in [2.05, 4.69) is 4.98 Å². The van der Waals surface area contributed by atoms with Crippen LogP contribution in [-0.2, 0) is 0 Å². The topological polar surface area (TPSA) is 37.6 Å². The second-order valence-corrected chi connectivity index (χ2v) is 6.95. The molecule has 0 aliphatic carbocycles. The SMILES string of the molecule is O=C(c1ccc2nc(-c3ccc(F)cc3)cn2c1)N1CCSCC1. The summed E-state index contributed by atoms with van der Waals surface area (Å²) in [5.74, 6) is 1.78. The van der Waals surface area contributed by atoms with Gasteiger partial charge in [0.1, 0.15) is 11.5 Å². The smallest absolute Gasteiger partial charge is 0.255 e. The lowest BCUT2D eigenvalue weighted by molar-refractivity contribution is 0.0772. The summed E-state index contributed by atoms with van der Waals surface area (Å²) in [5, 5.41) is 0. The van der Waals surface area contributed by atoms with Gasteiger partial charge in [0.25, 0.3) is 5.91 Å². The molecule has 3 heterocycles. The fourth-order valence-corrected chi connectivity index (χ4v) is 3.73. The number of amides is 1. The number of hydrogen-bond donors (Lipinski definition) is 0. The third-order valence-corrected chi connectivity index (χ3v) is 5.08. The summed E-state index contributed by atoms with van der Waals surface area (Å²) in [6.45, 7) is 1.60. The van der Waals surface area contributed by atoms with E-state index < -0.39 is 0 Å². The van der Waals surface area contributed by atoms with Crippen molar-refractivity contribution >= 4 is 23.3 Å². The Balaban J connectivity index is 1.65. The fraction of sp³-hybridized carbons (Fsp3) is 0.222. The van der Waals surface area contributed by atoms with Crippen LogP contribution < -0.4 is 0 Å². The Bertz CT molecular complexity index is 885. The van der Waals surface area contributed by atoms with Crippen LogP contribution >= 0.6 is 11.8 Å². The summed E-state index contributed by atoms with van der Waals surface area (Å²) in [5.41, 5.74) is 3.03. The highest BCUT2D eigenvalue weighted by molar-refractivity contribution is 7.99. The standard InChI is InChI=1S/C18H16FN3OS/c19-15-4-1-13(2-5-15)16-12-22-11-14(3-6-17(22)20-16)18(23)21-7-9-24-10-8-21/h1-6,11-12H,7-10H2. The monoisotopic (exact) mass is 341 g/mol. The first-order valence-corrected chi connectivity index (χ1v) is 8.98. The van der Waals surface area contributed by atoms with Crippen LogP contribution in [-0.4, -0.2) is 44.8 Å². The highest BCUT2D eigenvalue weighted by atomic mass is 32.2. The molecule has 122 valence electrons. The Labute approximate surface area is 143 Å². The number of thioether (sulfide) groups is 1. The van der Waals surface area contributed by atoms with Gasteiger partial charge in [0.15, 0.2) is 0 Å². The maximum Gasteiger partial charge on any atom is 0.255 e. The molecule has 3 aromatic rings. The van der Waals surface area contributed by atoms with Crippen molar-refractivity contribution in [1.29, 1.82) is 0 Å². The number of carbonyl (C=O) groups excluding carboxylic acids is 1. The third kappa shape index (κ3) is 2.89. The second kappa shape index (κ2) is 6.28. The predicted molar refractivity (Wildman–Crippen MR) is 93.8 cm³/mol. The van der Waals surface area contributed by atoms with Crippen molar-refractivity contribution in [2.45, 2.75) is 0 Å². The largest absolute Gasteiger partial charge is 0.337 e. The van der Waals surface area contributed by atoms with E-state index in [4.69, 9.17) is 0 Å². The molecule has 0 radical (unpaired) electrons. The van der Waals surface area contributed by atoms with Crippen LogP contribution in [0.25, 0.3) is 16.9 Å². The van der Waals surface area contributed by atoms with Gasteiger partial charge in [-0.05, 0) is 36.4 Å². The number of imidazole rings is 1. The van der Waals surface area contributed by atoms with Gasteiger partial charge >= 0.3 is 0 Å². The zero-order valence-corrected chi connectivity index (χ0v) is 13.8. The number of aromatic nitrogens is 2. The maximum atomic E-state index is 13.1. The van der Waals surface area contributed by atoms with E-state index in [0.717, 1.165) is 41.5 Å². The van der Waals surface area contributed by atoms with Crippen molar-refractivity contribution in [2.75, 3.05) is 24.6 Å². The molecule has 4 nitrogen and oxygen atoms in total. The zero-order valence-electron chi connectivity index (χ0n) is 13.0. The van der Waals surface area contributed by atoms with E-state index >= 15 is 0 Å². The summed E-state index contributed by atoms with van der Waals surface area (Å²) < 4.78 is 14.9. The van der Waals surface area contributed by atoms with E-state index in [9.17, 15) is 9.18 Å². The van der Waals surface area contributed by atoms with Gasteiger partial charge in [-0.25, -0.2) is 9.37 Å². The number of hydrogen-bond acceptors (Lipinski definition) is 3. The Morgan fingerprint density at radius 1 is 1.04 bits per heavy atom. The molecule has 0 spiro atoms. The Kier molecular flexibility index (Phi) is 3.98. The van der Waals surface area contributed by atoms with E-state index in [1.54, 1.807) is 12.1 Å². The van der Waals surface area contributed by atoms with Crippen LogP contribution in [0.5, 0.6) is 0 Å². The van der Waals surface area contributed by atoms with Crippen LogP contribution in [0.1, 0.15) is 10.4 Å². The summed E-state index contributed by atoms with van der Waals surface area (Å²) >= 11 is 1.88. The number of benzene rings is 1. The first-order chi connectivity index (χ1) is 11.7.